The summed E-state index contributed by atoms with van der Waals surface area (Å²) in [4.78, 5) is 0. The van der Waals surface area contributed by atoms with Crippen molar-refractivity contribution in [2.75, 3.05) is 22.4 Å². The molecule has 0 radical (unpaired) electrons. The van der Waals surface area contributed by atoms with E-state index in [2.05, 4.69) is 5.32 Å². The molecule has 0 aliphatic carbocycles. The number of rotatable bonds is 1. The highest BCUT2D eigenvalue weighted by Crippen LogP contribution is 2.36. The van der Waals surface area contributed by atoms with Gasteiger partial charge in [0.2, 0.25) is 10.0 Å². The van der Waals surface area contributed by atoms with E-state index in [4.69, 9.17) is 0 Å². The van der Waals surface area contributed by atoms with Gasteiger partial charge >= 0.3 is 0 Å². The fourth-order valence-electron chi connectivity index (χ4n) is 1.96. The fraction of sp³-hybridized carbons (Fsp3) is 0.455. The van der Waals surface area contributed by atoms with Gasteiger partial charge in [0.1, 0.15) is 5.82 Å². The first kappa shape index (κ1) is 12.2. The Hall–Kier alpha value is -1.30. The molecule has 4 nitrogen and oxygen atoms in total. The lowest BCUT2D eigenvalue weighted by Gasteiger charge is -2.40. The van der Waals surface area contributed by atoms with Gasteiger partial charge in [0, 0.05) is 6.07 Å². The highest BCUT2D eigenvalue weighted by atomic mass is 32.2. The topological polar surface area (TPSA) is 49.4 Å². The molecule has 0 aromatic heterocycles. The number of sulfonamides is 1. The molecule has 0 bridgehead atoms. The average Bonchev–Trinajstić information content (AvgIpc) is 2.15. The van der Waals surface area contributed by atoms with Crippen LogP contribution in [0.3, 0.4) is 0 Å². The van der Waals surface area contributed by atoms with E-state index >= 15 is 0 Å². The number of benzene rings is 1. The number of hydrogen-bond acceptors (Lipinski definition) is 3. The molecular formula is C11H15FN2O2S. The predicted octanol–water partition coefficient (Wildman–Crippen LogP) is 1.80. The molecule has 6 heteroatoms. The minimum atomic E-state index is -3.40. The zero-order chi connectivity index (χ0) is 12.8. The Morgan fingerprint density at radius 3 is 2.65 bits per heavy atom. The number of anilines is 2. The van der Waals surface area contributed by atoms with Gasteiger partial charge in [-0.15, -0.1) is 0 Å². The van der Waals surface area contributed by atoms with E-state index in [1.54, 1.807) is 6.07 Å². The zero-order valence-corrected chi connectivity index (χ0v) is 10.8. The quantitative estimate of drug-likeness (QED) is 0.835. The van der Waals surface area contributed by atoms with Crippen LogP contribution in [0.5, 0.6) is 0 Å². The van der Waals surface area contributed by atoms with Gasteiger partial charge in [-0.1, -0.05) is 0 Å². The molecule has 1 N–H and O–H groups in total. The number of halogens is 1. The van der Waals surface area contributed by atoms with Gasteiger partial charge in [0.15, 0.2) is 0 Å². The molecule has 1 aliphatic heterocycles. The molecule has 94 valence electrons. The van der Waals surface area contributed by atoms with E-state index in [0.29, 0.717) is 11.4 Å². The van der Waals surface area contributed by atoms with Crippen molar-refractivity contribution >= 4 is 21.4 Å². The summed E-state index contributed by atoms with van der Waals surface area (Å²) in [7, 11) is -3.40. The molecule has 1 heterocycles. The summed E-state index contributed by atoms with van der Waals surface area (Å²) in [5.41, 5.74) is 0.619. The minimum Gasteiger partial charge on any atom is -0.377 e. The highest BCUT2D eigenvalue weighted by Gasteiger charge is 2.34. The second-order valence-electron chi connectivity index (χ2n) is 4.94. The van der Waals surface area contributed by atoms with Crippen molar-refractivity contribution < 1.29 is 12.8 Å². The zero-order valence-electron chi connectivity index (χ0n) is 9.99. The van der Waals surface area contributed by atoms with Gasteiger partial charge in [0.05, 0.1) is 29.7 Å². The van der Waals surface area contributed by atoms with E-state index in [-0.39, 0.29) is 12.1 Å². The summed E-state index contributed by atoms with van der Waals surface area (Å²) in [5, 5.41) is 3.19. The van der Waals surface area contributed by atoms with Crippen molar-refractivity contribution in [1.29, 1.82) is 0 Å². The highest BCUT2D eigenvalue weighted by molar-refractivity contribution is 7.92. The first-order chi connectivity index (χ1) is 7.69. The van der Waals surface area contributed by atoms with E-state index in [0.717, 1.165) is 6.26 Å². The van der Waals surface area contributed by atoms with E-state index in [1.165, 1.54) is 16.4 Å². The van der Waals surface area contributed by atoms with Crippen LogP contribution in [0.4, 0.5) is 15.8 Å². The Morgan fingerprint density at radius 2 is 2.06 bits per heavy atom. The molecule has 0 spiro atoms. The van der Waals surface area contributed by atoms with Crippen LogP contribution >= 0.6 is 0 Å². The van der Waals surface area contributed by atoms with Crippen molar-refractivity contribution in [3.05, 3.63) is 24.0 Å². The molecule has 0 unspecified atom stereocenters. The monoisotopic (exact) mass is 258 g/mol. The normalized spacial score (nSPS) is 18.5. The molecule has 0 atom stereocenters. The summed E-state index contributed by atoms with van der Waals surface area (Å²) in [6.07, 6.45) is 1.13. The average molecular weight is 258 g/mol. The van der Waals surface area contributed by atoms with Crippen molar-refractivity contribution in [2.45, 2.75) is 19.4 Å². The van der Waals surface area contributed by atoms with Gasteiger partial charge in [0.25, 0.3) is 0 Å². The number of hydrogen-bond donors (Lipinski definition) is 1. The van der Waals surface area contributed by atoms with Gasteiger partial charge in [-0.2, -0.15) is 0 Å². The largest absolute Gasteiger partial charge is 0.377 e. The molecule has 1 aliphatic rings. The summed E-state index contributed by atoms with van der Waals surface area (Å²) >= 11 is 0. The third-order valence-corrected chi connectivity index (χ3v) is 3.77. The molecule has 0 fully saturated rings. The van der Waals surface area contributed by atoms with E-state index < -0.39 is 15.8 Å². The van der Waals surface area contributed by atoms with Crippen molar-refractivity contribution in [3.63, 3.8) is 0 Å². The molecule has 0 saturated carbocycles. The molecular weight excluding hydrogens is 243 g/mol. The van der Waals surface area contributed by atoms with Gasteiger partial charge in [-0.05, 0) is 26.0 Å². The van der Waals surface area contributed by atoms with Crippen molar-refractivity contribution in [2.24, 2.45) is 0 Å². The molecule has 1 aromatic carbocycles. The third kappa shape index (κ3) is 2.36. The molecule has 1 aromatic rings. The molecule has 0 saturated heterocycles. The number of nitrogens with one attached hydrogen (secondary N) is 1. The van der Waals surface area contributed by atoms with Crippen LogP contribution in [0.25, 0.3) is 0 Å². The van der Waals surface area contributed by atoms with Gasteiger partial charge in [-0.3, -0.25) is 4.31 Å². The molecule has 2 rings (SSSR count). The number of nitrogens with zero attached hydrogens (tertiary/aromatic N) is 1. The Morgan fingerprint density at radius 1 is 1.41 bits per heavy atom. The maximum absolute atomic E-state index is 13.2. The summed E-state index contributed by atoms with van der Waals surface area (Å²) < 4.78 is 37.9. The van der Waals surface area contributed by atoms with Crippen LogP contribution in [0.2, 0.25) is 0 Å². The Balaban J connectivity index is 2.60. The predicted molar refractivity (Wildman–Crippen MR) is 66.3 cm³/mol. The summed E-state index contributed by atoms with van der Waals surface area (Å²) in [6.45, 7) is 4.08. The lowest BCUT2D eigenvalue weighted by Crippen LogP contribution is -2.50. The van der Waals surface area contributed by atoms with Crippen LogP contribution in [0.15, 0.2) is 18.2 Å². The van der Waals surface area contributed by atoms with Crippen LogP contribution in [-0.2, 0) is 10.0 Å². The lowest BCUT2D eigenvalue weighted by atomic mass is 10.0. The van der Waals surface area contributed by atoms with Crippen LogP contribution in [0.1, 0.15) is 13.8 Å². The second-order valence-corrected chi connectivity index (χ2v) is 6.85. The maximum atomic E-state index is 13.2. The van der Waals surface area contributed by atoms with Gasteiger partial charge < -0.3 is 5.32 Å². The maximum Gasteiger partial charge on any atom is 0.232 e. The van der Waals surface area contributed by atoms with Crippen molar-refractivity contribution in [3.8, 4) is 0 Å². The smallest absolute Gasteiger partial charge is 0.232 e. The second kappa shape index (κ2) is 3.60. The summed E-state index contributed by atoms with van der Waals surface area (Å²) in [5.74, 6) is -0.445. The molecule has 0 amide bonds. The van der Waals surface area contributed by atoms with E-state index in [1.807, 2.05) is 13.8 Å². The Kier molecular flexibility index (Phi) is 2.57. The summed E-state index contributed by atoms with van der Waals surface area (Å²) in [6, 6.07) is 4.11. The lowest BCUT2D eigenvalue weighted by molar-refractivity contribution is 0.544. The Bertz CT molecular complexity index is 555. The third-order valence-electron chi connectivity index (χ3n) is 2.64. The van der Waals surface area contributed by atoms with Crippen LogP contribution in [-0.4, -0.2) is 26.8 Å². The van der Waals surface area contributed by atoms with Crippen molar-refractivity contribution in [1.82, 2.24) is 0 Å². The SMILES string of the molecule is CC1(C)CN(S(C)(=O)=O)c2cc(F)ccc2N1. The minimum absolute atomic E-state index is 0.280. The number of fused-ring (bicyclic) bond motifs is 1. The van der Waals surface area contributed by atoms with Gasteiger partial charge in [-0.25, -0.2) is 12.8 Å². The molecule has 17 heavy (non-hydrogen) atoms. The van der Waals surface area contributed by atoms with E-state index in [9.17, 15) is 12.8 Å². The first-order valence-electron chi connectivity index (χ1n) is 5.24. The Labute approximate surface area is 100 Å². The standard InChI is InChI=1S/C11H15FN2O2S/c1-11(2)7-14(17(3,15)16)10-6-8(12)4-5-9(10)13-11/h4-6,13H,7H2,1-3H3. The van der Waals surface area contributed by atoms with Crippen LogP contribution in [0, 0.1) is 5.82 Å². The van der Waals surface area contributed by atoms with Crippen LogP contribution < -0.4 is 9.62 Å². The first-order valence-corrected chi connectivity index (χ1v) is 7.09. The fourth-order valence-corrected chi connectivity index (χ4v) is 3.03.